The molecule has 2 aromatic carbocycles. The smallest absolute Gasteiger partial charge is 0.407 e. The summed E-state index contributed by atoms with van der Waals surface area (Å²) in [5.41, 5.74) is 4.01. The first-order valence-corrected chi connectivity index (χ1v) is 12.4. The lowest BCUT2D eigenvalue weighted by Crippen LogP contribution is -2.44. The van der Waals surface area contributed by atoms with Gasteiger partial charge in [0.2, 0.25) is 5.91 Å². The summed E-state index contributed by atoms with van der Waals surface area (Å²) in [4.78, 5) is 36.9. The minimum Gasteiger partial charge on any atom is -0.481 e. The molecule has 7 heteroatoms. The van der Waals surface area contributed by atoms with Gasteiger partial charge >= 0.3 is 12.1 Å². The summed E-state index contributed by atoms with van der Waals surface area (Å²) in [5.74, 6) is -0.747. The number of carboxylic acid groups (broad SMARTS) is 1. The summed E-state index contributed by atoms with van der Waals surface area (Å²) in [6.45, 7) is 4.12. The van der Waals surface area contributed by atoms with Crippen molar-refractivity contribution in [3.63, 3.8) is 0 Å². The van der Waals surface area contributed by atoms with Crippen molar-refractivity contribution in [3.8, 4) is 11.1 Å². The second-order valence-electron chi connectivity index (χ2n) is 10.6. The topological polar surface area (TPSA) is 105 Å². The molecule has 2 fully saturated rings. The third-order valence-corrected chi connectivity index (χ3v) is 8.06. The van der Waals surface area contributed by atoms with Crippen LogP contribution in [0.15, 0.2) is 48.5 Å². The van der Waals surface area contributed by atoms with Crippen molar-refractivity contribution in [1.29, 1.82) is 0 Å². The summed E-state index contributed by atoms with van der Waals surface area (Å²) in [5, 5.41) is 15.3. The van der Waals surface area contributed by atoms with Crippen LogP contribution in [0.4, 0.5) is 4.79 Å². The van der Waals surface area contributed by atoms with Gasteiger partial charge in [-0.1, -0.05) is 62.4 Å². The van der Waals surface area contributed by atoms with Crippen molar-refractivity contribution in [2.24, 2.45) is 17.3 Å². The molecule has 0 heterocycles. The highest BCUT2D eigenvalue weighted by Gasteiger charge is 2.65. The molecule has 0 aromatic heterocycles. The number of ether oxygens (including phenoxy) is 1. The first-order valence-electron chi connectivity index (χ1n) is 12.4. The molecule has 0 aliphatic heterocycles. The predicted molar refractivity (Wildman–Crippen MR) is 131 cm³/mol. The maximum absolute atomic E-state index is 12.7. The lowest BCUT2D eigenvalue weighted by atomic mass is 9.98. The van der Waals surface area contributed by atoms with Crippen molar-refractivity contribution < 1.29 is 24.2 Å². The number of carbonyl (C=O) groups is 3. The van der Waals surface area contributed by atoms with Gasteiger partial charge in [0.05, 0.1) is 5.41 Å². The molecule has 5 rings (SSSR count). The zero-order chi connectivity index (χ0) is 24.7. The highest BCUT2D eigenvalue weighted by Crippen LogP contribution is 2.63. The summed E-state index contributed by atoms with van der Waals surface area (Å²) >= 11 is 0. The van der Waals surface area contributed by atoms with Crippen LogP contribution in [0.1, 0.15) is 56.6 Å². The Labute approximate surface area is 205 Å². The van der Waals surface area contributed by atoms with E-state index in [2.05, 4.69) is 34.9 Å². The van der Waals surface area contributed by atoms with E-state index in [1.807, 2.05) is 38.1 Å². The number of hydrogen-bond donors (Lipinski definition) is 3. The molecule has 4 atom stereocenters. The number of carbonyl (C=O) groups excluding carboxylic acids is 2. The molecule has 0 unspecified atom stereocenters. The van der Waals surface area contributed by atoms with Crippen molar-refractivity contribution in [3.05, 3.63) is 59.7 Å². The Morgan fingerprint density at radius 2 is 1.66 bits per heavy atom. The average Bonchev–Trinajstić information content (AvgIpc) is 3.26. The van der Waals surface area contributed by atoms with Gasteiger partial charge in [-0.25, -0.2) is 4.79 Å². The van der Waals surface area contributed by atoms with E-state index in [-0.39, 0.29) is 48.8 Å². The Bertz CT molecular complexity index is 1120. The standard InChI is InChI=1S/C28H32N2O5/c1-16(2)24(12-25(31)29-18-11-17-13-28(17,14-18)26(32)33)30-27(34)35-15-23-21-9-5-3-7-19(21)20-8-4-6-10-22(20)23/h3-10,16-18,23-24H,11-15H2,1-2H3,(H,29,31)(H,30,34)(H,32,33)/t17-,18+,24+,28+/m0/s1. The fourth-order valence-corrected chi connectivity index (χ4v) is 6.00. The zero-order valence-electron chi connectivity index (χ0n) is 20.1. The molecule has 35 heavy (non-hydrogen) atoms. The third-order valence-electron chi connectivity index (χ3n) is 8.06. The van der Waals surface area contributed by atoms with E-state index in [1.165, 1.54) is 11.1 Å². The molecule has 7 nitrogen and oxygen atoms in total. The van der Waals surface area contributed by atoms with Crippen molar-refractivity contribution in [2.75, 3.05) is 6.61 Å². The largest absolute Gasteiger partial charge is 0.481 e. The maximum Gasteiger partial charge on any atom is 0.407 e. The van der Waals surface area contributed by atoms with Crippen LogP contribution < -0.4 is 10.6 Å². The molecular weight excluding hydrogens is 444 g/mol. The van der Waals surface area contributed by atoms with Gasteiger partial charge in [-0.2, -0.15) is 0 Å². The zero-order valence-corrected chi connectivity index (χ0v) is 20.1. The van der Waals surface area contributed by atoms with E-state index in [0.29, 0.717) is 19.3 Å². The van der Waals surface area contributed by atoms with Crippen LogP contribution in [0.25, 0.3) is 11.1 Å². The summed E-state index contributed by atoms with van der Waals surface area (Å²) in [6.07, 6.45) is 1.51. The fraction of sp³-hybridized carbons (Fsp3) is 0.464. The summed E-state index contributed by atoms with van der Waals surface area (Å²) in [6, 6.07) is 15.9. The molecule has 3 aliphatic carbocycles. The molecule has 3 aliphatic rings. The van der Waals surface area contributed by atoms with Gasteiger partial charge in [-0.3, -0.25) is 9.59 Å². The van der Waals surface area contributed by atoms with Crippen molar-refractivity contribution in [1.82, 2.24) is 10.6 Å². The van der Waals surface area contributed by atoms with E-state index in [4.69, 9.17) is 4.74 Å². The van der Waals surface area contributed by atoms with Gasteiger partial charge in [0.15, 0.2) is 0 Å². The number of aliphatic carboxylic acids is 1. The summed E-state index contributed by atoms with van der Waals surface area (Å²) in [7, 11) is 0. The Balaban J connectivity index is 1.15. The van der Waals surface area contributed by atoms with Gasteiger partial charge in [-0.05, 0) is 53.4 Å². The minimum absolute atomic E-state index is 0.0238. The van der Waals surface area contributed by atoms with Crippen molar-refractivity contribution in [2.45, 2.75) is 57.5 Å². The second kappa shape index (κ2) is 9.02. The average molecular weight is 477 g/mol. The maximum atomic E-state index is 12.7. The number of alkyl carbamates (subject to hydrolysis) is 1. The fourth-order valence-electron chi connectivity index (χ4n) is 6.00. The monoisotopic (exact) mass is 476 g/mol. The van der Waals surface area contributed by atoms with Crippen molar-refractivity contribution >= 4 is 18.0 Å². The third kappa shape index (κ3) is 4.40. The Morgan fingerprint density at radius 1 is 1.03 bits per heavy atom. The number of amides is 2. The summed E-state index contributed by atoms with van der Waals surface area (Å²) < 4.78 is 5.65. The van der Waals surface area contributed by atoms with Crippen LogP contribution in [0.2, 0.25) is 0 Å². The van der Waals surface area contributed by atoms with Crippen LogP contribution in [0, 0.1) is 17.3 Å². The highest BCUT2D eigenvalue weighted by molar-refractivity contribution is 5.81. The first kappa shape index (κ1) is 23.4. The van der Waals surface area contributed by atoms with Gasteiger partial charge in [0.25, 0.3) is 0 Å². The van der Waals surface area contributed by atoms with Crippen LogP contribution in [0.5, 0.6) is 0 Å². The lowest BCUT2D eigenvalue weighted by molar-refractivity contribution is -0.143. The number of rotatable bonds is 8. The van der Waals surface area contributed by atoms with E-state index in [1.54, 1.807) is 0 Å². The quantitative estimate of drug-likeness (QED) is 0.527. The van der Waals surface area contributed by atoms with Crippen LogP contribution in [0.3, 0.4) is 0 Å². The molecule has 0 radical (unpaired) electrons. The molecule has 0 saturated heterocycles. The van der Waals surface area contributed by atoms with Crippen LogP contribution >= 0.6 is 0 Å². The van der Waals surface area contributed by atoms with Crippen LogP contribution in [-0.4, -0.2) is 41.8 Å². The predicted octanol–water partition coefficient (Wildman–Crippen LogP) is 4.31. The van der Waals surface area contributed by atoms with E-state index < -0.39 is 17.5 Å². The highest BCUT2D eigenvalue weighted by atomic mass is 16.5. The number of nitrogens with one attached hydrogen (secondary N) is 2. The Morgan fingerprint density at radius 3 is 2.23 bits per heavy atom. The molecule has 0 spiro atoms. The van der Waals surface area contributed by atoms with E-state index in [9.17, 15) is 19.5 Å². The number of hydrogen-bond acceptors (Lipinski definition) is 4. The molecule has 0 bridgehead atoms. The second-order valence-corrected chi connectivity index (χ2v) is 10.6. The molecular formula is C28H32N2O5. The van der Waals surface area contributed by atoms with E-state index >= 15 is 0 Å². The molecule has 2 saturated carbocycles. The van der Waals surface area contributed by atoms with Gasteiger partial charge in [0, 0.05) is 24.4 Å². The van der Waals surface area contributed by atoms with E-state index in [0.717, 1.165) is 11.1 Å². The first-order chi connectivity index (χ1) is 16.8. The molecule has 2 aromatic rings. The normalized spacial score (nSPS) is 24.8. The minimum atomic E-state index is -0.753. The Kier molecular flexibility index (Phi) is 6.03. The van der Waals surface area contributed by atoms with Gasteiger partial charge in [-0.15, -0.1) is 0 Å². The van der Waals surface area contributed by atoms with Gasteiger partial charge < -0.3 is 20.5 Å². The Hall–Kier alpha value is -3.35. The number of benzene rings is 2. The number of fused-ring (bicyclic) bond motifs is 4. The lowest BCUT2D eigenvalue weighted by Gasteiger charge is -2.24. The van der Waals surface area contributed by atoms with Gasteiger partial charge in [0.1, 0.15) is 6.61 Å². The molecule has 3 N–H and O–H groups in total. The molecule has 184 valence electrons. The van der Waals surface area contributed by atoms with Crippen LogP contribution in [-0.2, 0) is 14.3 Å². The SMILES string of the molecule is CC(C)[C@@H](CC(=O)N[C@@H]1C[C@H]2C[C@@]2(C(=O)O)C1)NC(=O)OCC1c2ccccc2-c2ccccc21. The number of carboxylic acids is 1. The molecule has 2 amide bonds.